The summed E-state index contributed by atoms with van der Waals surface area (Å²) in [7, 11) is 0. The summed E-state index contributed by atoms with van der Waals surface area (Å²) in [6.07, 6.45) is 1.21. The highest BCUT2D eigenvalue weighted by atomic mass is 16.7. The van der Waals surface area contributed by atoms with Crippen LogP contribution in [0.2, 0.25) is 0 Å². The molecule has 3 aromatic carbocycles. The van der Waals surface area contributed by atoms with Gasteiger partial charge in [-0.1, -0.05) is 56.3 Å². The first kappa shape index (κ1) is 29.3. The van der Waals surface area contributed by atoms with Gasteiger partial charge in [-0.05, 0) is 54.3 Å². The molecule has 1 heterocycles. The van der Waals surface area contributed by atoms with Gasteiger partial charge in [0.2, 0.25) is 12.7 Å². The van der Waals surface area contributed by atoms with Crippen LogP contribution in [0, 0.1) is 0 Å². The van der Waals surface area contributed by atoms with Gasteiger partial charge in [-0.3, -0.25) is 9.28 Å². The highest BCUT2D eigenvalue weighted by Gasteiger charge is 2.47. The molecular formula is C32H40N3O5+. The van der Waals surface area contributed by atoms with Crippen molar-refractivity contribution in [2.24, 2.45) is 5.73 Å². The first-order valence-electron chi connectivity index (χ1n) is 14.0. The quantitative estimate of drug-likeness (QED) is 0.263. The number of hydrogen-bond acceptors (Lipinski definition) is 6. The Morgan fingerprint density at radius 1 is 0.900 bits per heavy atom. The number of carbonyl (C=O) groups excluding carboxylic acids is 2. The summed E-state index contributed by atoms with van der Waals surface area (Å²) in [5.41, 5.74) is 8.32. The third-order valence-corrected chi connectivity index (χ3v) is 7.53. The number of nitrogens with one attached hydrogen (secondary N) is 1. The summed E-state index contributed by atoms with van der Waals surface area (Å²) < 4.78 is 11.0. The first-order chi connectivity index (χ1) is 19.4. The summed E-state index contributed by atoms with van der Waals surface area (Å²) in [4.78, 5) is 26.3. The molecule has 4 rings (SSSR count). The lowest BCUT2D eigenvalue weighted by atomic mass is 9.94. The third-order valence-electron chi connectivity index (χ3n) is 7.53. The highest BCUT2D eigenvalue weighted by molar-refractivity contribution is 5.97. The lowest BCUT2D eigenvalue weighted by molar-refractivity contribution is -0.878. The fourth-order valence-electron chi connectivity index (χ4n) is 5.70. The Morgan fingerprint density at radius 3 is 2.30 bits per heavy atom. The van der Waals surface area contributed by atoms with Crippen LogP contribution in [-0.4, -0.2) is 60.0 Å². The van der Waals surface area contributed by atoms with E-state index < -0.39 is 18.1 Å². The Labute approximate surface area is 236 Å². The minimum Gasteiger partial charge on any atom is -0.454 e. The molecule has 1 aliphatic rings. The predicted octanol–water partition coefficient (Wildman–Crippen LogP) is 4.05. The second-order valence-electron chi connectivity index (χ2n) is 10.4. The number of quaternary nitrogens is 1. The number of fused-ring (bicyclic) bond motifs is 1. The van der Waals surface area contributed by atoms with Gasteiger partial charge in [-0.25, -0.2) is 4.79 Å². The van der Waals surface area contributed by atoms with E-state index in [1.807, 2.05) is 48.5 Å². The first-order valence-corrected chi connectivity index (χ1v) is 14.0. The molecular weight excluding hydrogens is 506 g/mol. The van der Waals surface area contributed by atoms with Crippen LogP contribution in [0.3, 0.4) is 0 Å². The highest BCUT2D eigenvalue weighted by Crippen LogP contribution is 2.32. The van der Waals surface area contributed by atoms with Gasteiger partial charge in [-0.2, -0.15) is 0 Å². The van der Waals surface area contributed by atoms with E-state index in [0.29, 0.717) is 49.5 Å². The van der Waals surface area contributed by atoms with E-state index in [2.05, 4.69) is 19.2 Å². The zero-order valence-electron chi connectivity index (χ0n) is 23.3. The largest absolute Gasteiger partial charge is 0.454 e. The molecule has 0 aliphatic carbocycles. The van der Waals surface area contributed by atoms with Crippen molar-refractivity contribution in [3.8, 4) is 11.5 Å². The van der Waals surface area contributed by atoms with Gasteiger partial charge in [-0.15, -0.1) is 0 Å². The van der Waals surface area contributed by atoms with Crippen molar-refractivity contribution in [3.63, 3.8) is 0 Å². The molecule has 0 bridgehead atoms. The minimum absolute atomic E-state index is 0.0803. The van der Waals surface area contributed by atoms with Gasteiger partial charge < -0.3 is 25.6 Å². The number of rotatable bonds is 14. The van der Waals surface area contributed by atoms with Crippen molar-refractivity contribution in [3.05, 3.63) is 95.1 Å². The zero-order chi connectivity index (χ0) is 28.5. The van der Waals surface area contributed by atoms with Crippen LogP contribution in [0.15, 0.2) is 72.8 Å². The van der Waals surface area contributed by atoms with Gasteiger partial charge in [0.15, 0.2) is 11.5 Å². The number of amides is 2. The molecule has 2 amide bonds. The molecule has 212 valence electrons. The van der Waals surface area contributed by atoms with Crippen molar-refractivity contribution in [1.29, 1.82) is 0 Å². The number of nitrogens with zero attached hydrogens (tertiary/aromatic N) is 1. The van der Waals surface area contributed by atoms with Crippen molar-refractivity contribution >= 4 is 11.8 Å². The van der Waals surface area contributed by atoms with Crippen molar-refractivity contribution in [1.82, 2.24) is 5.32 Å². The van der Waals surface area contributed by atoms with Crippen molar-refractivity contribution < 1.29 is 28.7 Å². The Kier molecular flexibility index (Phi) is 9.93. The summed E-state index contributed by atoms with van der Waals surface area (Å²) in [5.74, 6) is 0.758. The molecule has 2 atom stereocenters. The van der Waals surface area contributed by atoms with Crippen molar-refractivity contribution in [2.75, 3.05) is 26.4 Å². The summed E-state index contributed by atoms with van der Waals surface area (Å²) in [5, 5.41) is 15.2. The van der Waals surface area contributed by atoms with E-state index in [-0.39, 0.29) is 17.2 Å². The molecule has 8 nitrogen and oxygen atoms in total. The lowest BCUT2D eigenvalue weighted by Gasteiger charge is -2.44. The number of ether oxygens (including phenoxy) is 2. The fraction of sp³-hybridized carbons (Fsp3) is 0.375. The number of primary amides is 1. The van der Waals surface area contributed by atoms with Gasteiger partial charge in [0.25, 0.3) is 0 Å². The summed E-state index contributed by atoms with van der Waals surface area (Å²) in [6.45, 7) is 6.28. The number of carbonyl (C=O) groups is 2. The molecule has 8 heteroatoms. The Morgan fingerprint density at radius 2 is 1.60 bits per heavy atom. The molecule has 4 N–H and O–H groups in total. The SMILES string of the molecule is CCC[N+](CCC)(C(=O)c1cccc(C(N)=O)c1)[C@@H](Cc1ccccc1)[C@H](O)CNCc1ccc2c(c1)OCO2. The standard InChI is InChI=1S/C32H39N3O5/c1-3-15-35(16-4-2,32(38)26-12-8-11-25(19-26)31(33)37)27(17-23-9-6-5-7-10-23)28(36)21-34-20-24-13-14-29-30(18-24)40-22-39-29/h5-14,18-19,27-28,34,36H,3-4,15-17,20-22H2,1-2H3,(H-,33,37)/p+1/t27-,28+/m0/s1. The molecule has 0 spiro atoms. The van der Waals surface area contributed by atoms with E-state index >= 15 is 0 Å². The molecule has 3 aromatic rings. The van der Waals surface area contributed by atoms with E-state index in [1.165, 1.54) is 0 Å². The monoisotopic (exact) mass is 546 g/mol. The molecule has 0 aromatic heterocycles. The van der Waals surface area contributed by atoms with Crippen LogP contribution < -0.4 is 20.5 Å². The maximum Gasteiger partial charge on any atom is 0.346 e. The maximum atomic E-state index is 14.4. The predicted molar refractivity (Wildman–Crippen MR) is 154 cm³/mol. The topological polar surface area (TPSA) is 111 Å². The van der Waals surface area contributed by atoms with E-state index in [4.69, 9.17) is 15.2 Å². The average molecular weight is 547 g/mol. The second-order valence-corrected chi connectivity index (χ2v) is 10.4. The molecule has 0 saturated heterocycles. The van der Waals surface area contributed by atoms with Crippen LogP contribution in [-0.2, 0) is 13.0 Å². The van der Waals surface area contributed by atoms with Gasteiger partial charge in [0, 0.05) is 25.1 Å². The van der Waals surface area contributed by atoms with E-state index in [0.717, 1.165) is 29.7 Å². The van der Waals surface area contributed by atoms with E-state index in [9.17, 15) is 14.7 Å². The molecule has 0 unspecified atom stereocenters. The number of nitrogens with two attached hydrogens (primary N) is 1. The Bertz CT molecular complexity index is 1290. The Hall–Kier alpha value is -3.72. The maximum absolute atomic E-state index is 14.4. The molecule has 0 radical (unpaired) electrons. The minimum atomic E-state index is -0.824. The summed E-state index contributed by atoms with van der Waals surface area (Å²) in [6, 6.07) is 22.0. The second kappa shape index (κ2) is 13.6. The average Bonchev–Trinajstić information content (AvgIpc) is 3.44. The van der Waals surface area contributed by atoms with E-state index in [1.54, 1.807) is 24.3 Å². The van der Waals surface area contributed by atoms with Crippen LogP contribution >= 0.6 is 0 Å². The normalized spacial score (nSPS) is 14.1. The van der Waals surface area contributed by atoms with Crippen LogP contribution in [0.5, 0.6) is 11.5 Å². The number of aliphatic hydroxyl groups excluding tert-OH is 1. The summed E-state index contributed by atoms with van der Waals surface area (Å²) >= 11 is 0. The van der Waals surface area contributed by atoms with Gasteiger partial charge >= 0.3 is 5.91 Å². The lowest BCUT2D eigenvalue weighted by Crippen LogP contribution is -2.65. The van der Waals surface area contributed by atoms with Crippen LogP contribution in [0.1, 0.15) is 58.5 Å². The molecule has 0 fully saturated rings. The van der Waals surface area contributed by atoms with Crippen LogP contribution in [0.4, 0.5) is 0 Å². The number of hydrogen-bond donors (Lipinski definition) is 3. The van der Waals surface area contributed by atoms with Crippen LogP contribution in [0.25, 0.3) is 0 Å². The van der Waals surface area contributed by atoms with Gasteiger partial charge in [0.05, 0.1) is 18.7 Å². The third kappa shape index (κ3) is 6.70. The number of benzene rings is 3. The molecule has 0 saturated carbocycles. The molecule has 1 aliphatic heterocycles. The van der Waals surface area contributed by atoms with Gasteiger partial charge in [0.1, 0.15) is 12.1 Å². The fourth-order valence-corrected chi connectivity index (χ4v) is 5.70. The number of aliphatic hydroxyl groups is 1. The van der Waals surface area contributed by atoms with Crippen molar-refractivity contribution in [2.45, 2.75) is 51.8 Å². The molecule has 40 heavy (non-hydrogen) atoms. The smallest absolute Gasteiger partial charge is 0.346 e. The zero-order valence-corrected chi connectivity index (χ0v) is 23.3. The Balaban J connectivity index is 1.64.